The molecule has 0 aliphatic heterocycles. The molecule has 5 heteroatoms. The summed E-state index contributed by atoms with van der Waals surface area (Å²) < 4.78 is 5.00. The smallest absolute Gasteiger partial charge is 0.212 e. The normalized spacial score (nSPS) is 9.74. The van der Waals surface area contributed by atoms with Crippen LogP contribution in [0.1, 0.15) is 16.8 Å². The SMILES string of the molecule is COc1ccc(CNc2nc(C)ccc2C#N)cn1. The second-order valence-electron chi connectivity index (χ2n) is 4.02. The molecule has 0 amide bonds. The molecule has 19 heavy (non-hydrogen) atoms. The summed E-state index contributed by atoms with van der Waals surface area (Å²) >= 11 is 0. The number of pyridine rings is 2. The maximum Gasteiger partial charge on any atom is 0.212 e. The van der Waals surface area contributed by atoms with E-state index in [0.717, 1.165) is 11.3 Å². The van der Waals surface area contributed by atoms with Gasteiger partial charge in [-0.3, -0.25) is 0 Å². The Kier molecular flexibility index (Phi) is 3.94. The van der Waals surface area contributed by atoms with Crippen molar-refractivity contribution in [2.24, 2.45) is 0 Å². The lowest BCUT2D eigenvalue weighted by Gasteiger charge is -2.08. The zero-order chi connectivity index (χ0) is 13.7. The number of rotatable bonds is 4. The topological polar surface area (TPSA) is 70.8 Å². The predicted molar refractivity (Wildman–Crippen MR) is 71.8 cm³/mol. The van der Waals surface area contributed by atoms with Crippen LogP contribution in [-0.2, 0) is 6.54 Å². The van der Waals surface area contributed by atoms with E-state index in [9.17, 15) is 0 Å². The number of aryl methyl sites for hydroxylation is 1. The molecule has 0 bridgehead atoms. The summed E-state index contributed by atoms with van der Waals surface area (Å²) in [5.41, 5.74) is 2.40. The van der Waals surface area contributed by atoms with E-state index in [1.165, 1.54) is 0 Å². The quantitative estimate of drug-likeness (QED) is 0.906. The van der Waals surface area contributed by atoms with Crippen LogP contribution in [0.4, 0.5) is 5.82 Å². The number of ether oxygens (including phenoxy) is 1. The van der Waals surface area contributed by atoms with Crippen LogP contribution in [0.2, 0.25) is 0 Å². The van der Waals surface area contributed by atoms with Crippen LogP contribution < -0.4 is 10.1 Å². The Morgan fingerprint density at radius 1 is 1.32 bits per heavy atom. The van der Waals surface area contributed by atoms with E-state index < -0.39 is 0 Å². The fourth-order valence-corrected chi connectivity index (χ4v) is 1.60. The molecule has 0 aromatic carbocycles. The monoisotopic (exact) mass is 254 g/mol. The second kappa shape index (κ2) is 5.83. The summed E-state index contributed by atoms with van der Waals surface area (Å²) in [5, 5.41) is 12.2. The van der Waals surface area contributed by atoms with Gasteiger partial charge in [-0.15, -0.1) is 0 Å². The third kappa shape index (κ3) is 3.19. The van der Waals surface area contributed by atoms with E-state index in [0.29, 0.717) is 23.8 Å². The summed E-state index contributed by atoms with van der Waals surface area (Å²) in [6, 6.07) is 9.41. The van der Waals surface area contributed by atoms with E-state index in [1.807, 2.05) is 19.1 Å². The van der Waals surface area contributed by atoms with Gasteiger partial charge in [0.2, 0.25) is 5.88 Å². The summed E-state index contributed by atoms with van der Waals surface area (Å²) in [4.78, 5) is 8.44. The van der Waals surface area contributed by atoms with Crippen LogP contribution >= 0.6 is 0 Å². The van der Waals surface area contributed by atoms with Gasteiger partial charge in [0.1, 0.15) is 11.9 Å². The number of aromatic nitrogens is 2. The molecule has 5 nitrogen and oxygen atoms in total. The molecule has 0 fully saturated rings. The highest BCUT2D eigenvalue weighted by Gasteiger charge is 2.04. The van der Waals surface area contributed by atoms with Gasteiger partial charge in [-0.1, -0.05) is 6.07 Å². The highest BCUT2D eigenvalue weighted by atomic mass is 16.5. The third-order valence-electron chi connectivity index (χ3n) is 2.62. The molecular formula is C14H14N4O. The minimum atomic E-state index is 0.534. The minimum Gasteiger partial charge on any atom is -0.481 e. The van der Waals surface area contributed by atoms with E-state index >= 15 is 0 Å². The standard InChI is InChI=1S/C14H14N4O/c1-10-3-5-12(7-15)14(18-10)17-9-11-4-6-13(19-2)16-8-11/h3-6,8H,9H2,1-2H3,(H,17,18). The Morgan fingerprint density at radius 3 is 2.79 bits per heavy atom. The largest absolute Gasteiger partial charge is 0.481 e. The molecule has 0 spiro atoms. The van der Waals surface area contributed by atoms with Crippen molar-refractivity contribution in [3.05, 3.63) is 47.3 Å². The van der Waals surface area contributed by atoms with Crippen molar-refractivity contribution >= 4 is 5.82 Å². The van der Waals surface area contributed by atoms with Gasteiger partial charge in [-0.2, -0.15) is 5.26 Å². The number of hydrogen-bond acceptors (Lipinski definition) is 5. The first kappa shape index (κ1) is 12.8. The molecule has 0 unspecified atom stereocenters. The Bertz CT molecular complexity index is 602. The summed E-state index contributed by atoms with van der Waals surface area (Å²) in [7, 11) is 1.58. The van der Waals surface area contributed by atoms with Crippen molar-refractivity contribution in [3.63, 3.8) is 0 Å². The molecule has 0 saturated carbocycles. The summed E-state index contributed by atoms with van der Waals surface area (Å²) in [5.74, 6) is 1.17. The maximum atomic E-state index is 9.02. The lowest BCUT2D eigenvalue weighted by molar-refractivity contribution is 0.397. The van der Waals surface area contributed by atoms with Crippen molar-refractivity contribution < 1.29 is 4.74 Å². The molecule has 2 heterocycles. The maximum absolute atomic E-state index is 9.02. The van der Waals surface area contributed by atoms with Crippen molar-refractivity contribution in [1.29, 1.82) is 5.26 Å². The Hall–Kier alpha value is -2.61. The second-order valence-corrected chi connectivity index (χ2v) is 4.02. The number of anilines is 1. The first-order valence-corrected chi connectivity index (χ1v) is 5.83. The molecule has 96 valence electrons. The average Bonchev–Trinajstić information content (AvgIpc) is 2.46. The summed E-state index contributed by atoms with van der Waals surface area (Å²) in [6.45, 7) is 2.45. The van der Waals surface area contributed by atoms with E-state index in [4.69, 9.17) is 10.00 Å². The van der Waals surface area contributed by atoms with Gasteiger partial charge in [0.25, 0.3) is 0 Å². The van der Waals surface area contributed by atoms with Gasteiger partial charge in [0.05, 0.1) is 12.7 Å². The van der Waals surface area contributed by atoms with Crippen LogP contribution in [0, 0.1) is 18.3 Å². The van der Waals surface area contributed by atoms with Crippen molar-refractivity contribution in [2.75, 3.05) is 12.4 Å². The average molecular weight is 254 g/mol. The Morgan fingerprint density at radius 2 is 2.16 bits per heavy atom. The van der Waals surface area contributed by atoms with E-state index in [2.05, 4.69) is 21.4 Å². The lowest BCUT2D eigenvalue weighted by Crippen LogP contribution is -2.04. The molecule has 0 aliphatic rings. The highest BCUT2D eigenvalue weighted by Crippen LogP contribution is 2.14. The molecule has 2 aromatic rings. The lowest BCUT2D eigenvalue weighted by atomic mass is 10.2. The van der Waals surface area contributed by atoms with Crippen molar-refractivity contribution in [3.8, 4) is 11.9 Å². The van der Waals surface area contributed by atoms with Gasteiger partial charge < -0.3 is 10.1 Å². The number of nitrogens with zero attached hydrogens (tertiary/aromatic N) is 3. The summed E-state index contributed by atoms with van der Waals surface area (Å²) in [6.07, 6.45) is 1.73. The van der Waals surface area contributed by atoms with Crippen LogP contribution in [0.15, 0.2) is 30.5 Å². The molecule has 1 N–H and O–H groups in total. The van der Waals surface area contributed by atoms with Crippen molar-refractivity contribution in [2.45, 2.75) is 13.5 Å². The molecule has 0 saturated heterocycles. The zero-order valence-corrected chi connectivity index (χ0v) is 10.8. The van der Waals surface area contributed by atoms with Gasteiger partial charge in [0.15, 0.2) is 0 Å². The van der Waals surface area contributed by atoms with Gasteiger partial charge in [-0.05, 0) is 24.6 Å². The number of methoxy groups -OCH3 is 1. The fraction of sp³-hybridized carbons (Fsp3) is 0.214. The van der Waals surface area contributed by atoms with Gasteiger partial charge in [-0.25, -0.2) is 9.97 Å². The van der Waals surface area contributed by atoms with Crippen LogP contribution in [0.5, 0.6) is 5.88 Å². The highest BCUT2D eigenvalue weighted by molar-refractivity contribution is 5.52. The number of hydrogen-bond donors (Lipinski definition) is 1. The van der Waals surface area contributed by atoms with Crippen LogP contribution in [0.25, 0.3) is 0 Å². The molecule has 0 atom stereocenters. The predicted octanol–water partition coefficient (Wildman–Crippen LogP) is 2.28. The molecule has 2 aromatic heterocycles. The van der Waals surface area contributed by atoms with E-state index in [1.54, 1.807) is 25.4 Å². The van der Waals surface area contributed by atoms with Gasteiger partial charge >= 0.3 is 0 Å². The van der Waals surface area contributed by atoms with E-state index in [-0.39, 0.29) is 0 Å². The Balaban J connectivity index is 2.09. The van der Waals surface area contributed by atoms with Crippen molar-refractivity contribution in [1.82, 2.24) is 9.97 Å². The fourth-order valence-electron chi connectivity index (χ4n) is 1.60. The van der Waals surface area contributed by atoms with Crippen LogP contribution in [0.3, 0.4) is 0 Å². The Labute approximate surface area is 111 Å². The molecule has 0 radical (unpaired) electrons. The number of nitriles is 1. The molecule has 0 aliphatic carbocycles. The molecule has 2 rings (SSSR count). The minimum absolute atomic E-state index is 0.534. The van der Waals surface area contributed by atoms with Crippen LogP contribution in [-0.4, -0.2) is 17.1 Å². The molecular weight excluding hydrogens is 240 g/mol. The zero-order valence-electron chi connectivity index (χ0n) is 10.8. The first-order valence-electron chi connectivity index (χ1n) is 5.83. The number of nitrogens with one attached hydrogen (secondary N) is 1. The first-order chi connectivity index (χ1) is 9.22. The van der Waals surface area contributed by atoms with Gasteiger partial charge in [0, 0.05) is 24.5 Å². The third-order valence-corrected chi connectivity index (χ3v) is 2.62.